The van der Waals surface area contributed by atoms with Gasteiger partial charge in [0, 0.05) is 125 Å². The number of rotatable bonds is 26. The number of carbonyl (C=O) groups is 7. The zero-order chi connectivity index (χ0) is 103. The molecule has 15 rings (SSSR count). The average molecular weight is 2000 g/mol. The minimum absolute atomic E-state index is 0.00784. The summed E-state index contributed by atoms with van der Waals surface area (Å²) in [5, 5.41) is 34.5. The predicted octanol–water partition coefficient (Wildman–Crippen LogP) is 14.7. The summed E-state index contributed by atoms with van der Waals surface area (Å²) >= 11 is 6.42. The number of amides is 2. The Hall–Kier alpha value is -11.4. The number of aryl methyl sites for hydroxylation is 3. The summed E-state index contributed by atoms with van der Waals surface area (Å²) in [6.45, 7) is 25.9. The van der Waals surface area contributed by atoms with E-state index in [2.05, 4.69) is 67.6 Å². The first-order valence-electron chi connectivity index (χ1n) is 47.7. The summed E-state index contributed by atoms with van der Waals surface area (Å²) in [5.74, 6) is -5.76. The van der Waals surface area contributed by atoms with E-state index in [0.717, 1.165) is 167 Å². The summed E-state index contributed by atoms with van der Waals surface area (Å²) in [5.41, 5.74) is 19.7. The van der Waals surface area contributed by atoms with Gasteiger partial charge in [-0.15, -0.1) is 5.10 Å². The lowest BCUT2D eigenvalue weighted by molar-refractivity contribution is -0.143. The van der Waals surface area contributed by atoms with Crippen LogP contribution in [0.3, 0.4) is 0 Å². The van der Waals surface area contributed by atoms with Crippen LogP contribution in [0.2, 0.25) is 5.02 Å². The van der Waals surface area contributed by atoms with E-state index in [1.165, 1.54) is 43.5 Å². The van der Waals surface area contributed by atoms with Crippen LogP contribution in [0, 0.1) is 43.0 Å². The number of esters is 1. The Balaban J connectivity index is 0.000000175. The van der Waals surface area contributed by atoms with Gasteiger partial charge in [0.25, 0.3) is 5.95 Å². The number of carbonyl (C=O) groups excluding carboxylic acids is 7. The monoisotopic (exact) mass is 2000 g/mol. The number of halogens is 11. The number of nitrogens with two attached hydrogens (primary N) is 3. The summed E-state index contributed by atoms with van der Waals surface area (Å²) in [6, 6.07) is 9.07. The van der Waals surface area contributed by atoms with Gasteiger partial charge in [0.05, 0.1) is 117 Å². The number of β-amino-alcohol motifs (C(OH)–C–C–N with tert-alkyl or cyclic N) is 1. The largest absolute Gasteiger partial charge is 0.463 e. The molecule has 766 valence electrons. The highest BCUT2D eigenvalue weighted by Crippen LogP contribution is 2.46. The zero-order valence-electron chi connectivity index (χ0n) is 81.6. The molecule has 5 aliphatic carbocycles. The zero-order valence-corrected chi connectivity index (χ0v) is 82.3. The first kappa shape index (κ1) is 110. The van der Waals surface area contributed by atoms with E-state index < -0.39 is 87.8 Å². The number of ketones is 4. The molecule has 30 nitrogen and oxygen atoms in total. The third-order valence-corrected chi connectivity index (χ3v) is 26.8. The highest BCUT2D eigenvalue weighted by molar-refractivity contribution is 6.38. The molecule has 2 amide bonds. The van der Waals surface area contributed by atoms with E-state index in [4.69, 9.17) is 43.0 Å². The van der Waals surface area contributed by atoms with E-state index in [1.54, 1.807) is 44.1 Å². The molecule has 0 radical (unpaired) electrons. The van der Waals surface area contributed by atoms with Crippen molar-refractivity contribution in [1.82, 2.24) is 55.6 Å². The second-order valence-electron chi connectivity index (χ2n) is 37.0. The lowest BCUT2D eigenvalue weighted by Gasteiger charge is -2.38. The van der Waals surface area contributed by atoms with E-state index in [1.807, 2.05) is 43.2 Å². The van der Waals surface area contributed by atoms with Crippen LogP contribution in [0.1, 0.15) is 250 Å². The summed E-state index contributed by atoms with van der Waals surface area (Å²) < 4.78 is 160. The molecule has 7 aliphatic rings. The van der Waals surface area contributed by atoms with Gasteiger partial charge >= 0.3 is 18.3 Å². The lowest BCUT2D eigenvalue weighted by atomic mass is 9.83. The Morgan fingerprint density at radius 3 is 1.72 bits per heavy atom. The van der Waals surface area contributed by atoms with Gasteiger partial charge in [0.2, 0.25) is 11.8 Å². The summed E-state index contributed by atoms with van der Waals surface area (Å²) in [6.07, 6.45) is 6.99. The number of hydrogen-bond acceptors (Lipinski definition) is 25. The highest BCUT2D eigenvalue weighted by atomic mass is 35.5. The minimum Gasteiger partial charge on any atom is -0.463 e. The van der Waals surface area contributed by atoms with E-state index in [9.17, 15) is 92.2 Å². The molecule has 0 bridgehead atoms. The maximum atomic E-state index is 14.8. The number of benzene rings is 4. The number of alkyl halides is 6. The molecule has 41 heteroatoms. The van der Waals surface area contributed by atoms with Gasteiger partial charge in [-0.05, 0) is 226 Å². The van der Waals surface area contributed by atoms with Crippen LogP contribution < -0.4 is 64.0 Å². The number of hydrogen-bond donors (Lipinski definition) is 8. The Morgan fingerprint density at radius 1 is 0.652 bits per heavy atom. The second kappa shape index (κ2) is 47.7. The number of aromatic nitrogens is 7. The molecule has 6 heterocycles. The van der Waals surface area contributed by atoms with Gasteiger partial charge in [-0.1, -0.05) is 62.1 Å². The molecular weight excluding hydrogens is 1870 g/mol. The van der Waals surface area contributed by atoms with Crippen molar-refractivity contribution in [3.63, 3.8) is 0 Å². The fourth-order valence-electron chi connectivity index (χ4n) is 19.0. The second-order valence-corrected chi connectivity index (χ2v) is 37.4. The number of pyridine rings is 3. The number of nitrogen functional groups attached to an aromatic ring is 1. The Labute approximate surface area is 815 Å². The minimum atomic E-state index is -4.96. The molecule has 11 N–H and O–H groups in total. The molecule has 1 unspecified atom stereocenters. The fraction of sp³-hybridized carbons (Fsp3) is 0.530. The molecule has 4 aromatic heterocycles. The maximum absolute atomic E-state index is 14.8. The van der Waals surface area contributed by atoms with Crippen molar-refractivity contribution < 1.29 is 96.8 Å². The number of nitrogens with one attached hydrogen (secondary N) is 4. The lowest BCUT2D eigenvalue weighted by Crippen LogP contribution is -2.57. The Morgan fingerprint density at radius 2 is 1.21 bits per heavy atom. The Bertz CT molecular complexity index is 6070. The molecule has 4 fully saturated rings. The van der Waals surface area contributed by atoms with Crippen LogP contribution in [0.15, 0.2) is 99.9 Å². The molecule has 0 spiro atoms. The number of piperazine rings is 1. The van der Waals surface area contributed by atoms with Gasteiger partial charge in [0.15, 0.2) is 51.5 Å². The van der Waals surface area contributed by atoms with Crippen molar-refractivity contribution in [3.8, 4) is 5.82 Å². The number of aliphatic hydroxyl groups is 1. The number of tetrazole rings is 1. The Kier molecular flexibility index (Phi) is 37.2. The molecule has 8 aromatic rings. The van der Waals surface area contributed by atoms with Crippen LogP contribution in [-0.2, 0) is 64.1 Å². The first-order chi connectivity index (χ1) is 66.6. The summed E-state index contributed by atoms with van der Waals surface area (Å²) in [4.78, 5) is 117. The van der Waals surface area contributed by atoms with Crippen LogP contribution in [0.25, 0.3) is 27.6 Å². The van der Waals surface area contributed by atoms with E-state index >= 15 is 0 Å². The van der Waals surface area contributed by atoms with Crippen molar-refractivity contribution in [2.75, 3.05) is 66.3 Å². The molecule has 141 heavy (non-hydrogen) atoms. The number of fused-ring (bicyclic) bond motifs is 3. The first-order valence-corrected chi connectivity index (χ1v) is 48.0. The number of nitrogens with zero attached hydrogens (tertiary/aromatic N) is 10. The molecular formula is C100H126ClF10N17O13. The van der Waals surface area contributed by atoms with E-state index in [0.29, 0.717) is 60.2 Å². The molecule has 2 aliphatic heterocycles. The smallest absolute Gasteiger partial charge is 0.416 e. The van der Waals surface area contributed by atoms with Crippen molar-refractivity contribution in [2.24, 2.45) is 24.4 Å². The number of ether oxygens (including phenoxy) is 3. The quantitative estimate of drug-likeness (QED) is 0.0108. The van der Waals surface area contributed by atoms with Gasteiger partial charge in [-0.2, -0.15) is 31.1 Å². The topological polar surface area (TPSA) is 404 Å². The number of anilines is 4. The third-order valence-electron chi connectivity index (χ3n) is 26.4. The fourth-order valence-corrected chi connectivity index (χ4v) is 19.4. The van der Waals surface area contributed by atoms with Gasteiger partial charge in [-0.25, -0.2) is 27.3 Å². The molecule has 4 aromatic carbocycles. The van der Waals surface area contributed by atoms with Gasteiger partial charge in [-0.3, -0.25) is 42.9 Å². The standard InChI is InChI=1S/C32H38F6N6O.C19H14ClF3N4O3.C18H20FN3O2.C16H28N2O4.C15H26N2O3/c1-18-12-19(2)29-26(13-18)28(7-5-6-27(29)39-25-10-8-22(9-11-25)20(3)45)44(30-40-42-43(4)41-30)17-21-14-23(31(33,34)35)16-24(15-21)32(36,37)38;1-7(28)10-6-27(19-13(23)3-12(22)18(24)25-19)15-9(17(10)30)2-11(21)16(14(15)20)26-4-8(29)5-26;1-11(23)14-10-22(12-2-3-12)16-9-17(21-6-4-20-5-7-21)15(19)8-13(16)18(14)24;1-5-12(6-2)22-14-9-11(16(20)21-7-3)8-13(17)15(14)18-10(4)19;1-5-12(6-2)20-14-8-11(9(3)18)7-13(16)15(14)17-10(4)19/h12-16,22,25,27-28,39H,5-11,17H2,1-4H3;2-3,6,8,29H,4-5H2,1H3,(H2,24,25);8-10,12,20H,2-7H2,1H3;9,12-15H,5-8,17H2,1-4H3,(H,18,19);8,12-15H,5-7,16H2,1-4H3,(H,17,19)/t22?,25?,27?,28-;;;2*13-,14+,15+/m0..00/s1. The van der Waals surface area contributed by atoms with Crippen molar-refractivity contribution in [1.29, 1.82) is 0 Å². The normalized spacial score (nSPS) is 20.9. The van der Waals surface area contributed by atoms with Crippen LogP contribution in [-0.4, -0.2) is 187 Å². The third kappa shape index (κ3) is 27.1. The van der Waals surface area contributed by atoms with Crippen molar-refractivity contribution >= 4 is 97.5 Å². The van der Waals surface area contributed by atoms with Crippen LogP contribution in [0.4, 0.5) is 67.0 Å². The van der Waals surface area contributed by atoms with Crippen LogP contribution >= 0.6 is 11.6 Å². The summed E-state index contributed by atoms with van der Waals surface area (Å²) in [7, 11) is 1.55. The molecule has 8 atom stereocenters. The maximum Gasteiger partial charge on any atom is 0.416 e. The predicted molar refractivity (Wildman–Crippen MR) is 515 cm³/mol. The van der Waals surface area contributed by atoms with Crippen molar-refractivity contribution in [3.05, 3.63) is 189 Å². The van der Waals surface area contributed by atoms with Gasteiger partial charge < -0.3 is 77.1 Å². The SMILES string of the molecule is CC(=O)C1CCC(NC2CCC[C@H](N(Cc3cc(C(F)(F)F)cc(C(F)(F)F)c3)c3nnn(C)n3)c3cc(C)cc(C)c32)CC1.CC(=O)c1cn(-c2nc(N)c(F)cc2F)c2c(Cl)c(N3CC(O)C3)c(F)cc2c1=O.CC(=O)c1cn(C2CC2)c2cc(N3CCNCC3)c(F)cc2c1=O.CCC(CC)O[C@@H]1C=C(C(C)=O)C[C@H](N)[C@H]1NC(C)=O.CCOC(=O)C1=C[C@@H](OC(CC)CC)[C@H](NC(C)=O)[C@@H](N)C1. The molecule has 2 saturated heterocycles. The van der Waals surface area contributed by atoms with E-state index in [-0.39, 0.29) is 171 Å². The van der Waals surface area contributed by atoms with Gasteiger partial charge in [0.1, 0.15) is 17.4 Å². The van der Waals surface area contributed by atoms with Crippen LogP contribution in [0.5, 0.6) is 0 Å². The van der Waals surface area contributed by atoms with Crippen molar-refractivity contribution in [2.45, 2.75) is 284 Å². The average Bonchev–Trinajstić information content (AvgIpc) is 1.41. The molecule has 2 saturated carbocycles. The number of aliphatic hydroxyl groups excluding tert-OH is 1. The number of Topliss-reactive ketones (excluding diaryl/α,β-unsaturated/α-hetero) is 4. The highest BCUT2D eigenvalue weighted by Gasteiger charge is 2.43.